The van der Waals surface area contributed by atoms with Gasteiger partial charge in [0, 0.05) is 19.1 Å². The number of pyridine rings is 1. The number of aromatic carboxylic acids is 1. The highest BCUT2D eigenvalue weighted by Gasteiger charge is 2.38. The van der Waals surface area contributed by atoms with Crippen LogP contribution in [0.25, 0.3) is 0 Å². The number of carbonyl (C=O) groups is 2. The average Bonchev–Trinajstić information content (AvgIpc) is 2.94. The monoisotopic (exact) mass is 602 g/mol. The van der Waals surface area contributed by atoms with Crippen LogP contribution in [0.2, 0.25) is 0 Å². The lowest BCUT2D eigenvalue weighted by atomic mass is 9.99. The summed E-state index contributed by atoms with van der Waals surface area (Å²) in [6.07, 6.45) is 2.03. The van der Waals surface area contributed by atoms with Gasteiger partial charge in [-0.15, -0.1) is 0 Å². The third-order valence-corrected chi connectivity index (χ3v) is 8.11. The molecule has 4 rings (SSSR count). The molecule has 11 nitrogen and oxygen atoms in total. The van der Waals surface area contributed by atoms with Crippen molar-refractivity contribution in [2.24, 2.45) is 0 Å². The number of nitrogens with zero attached hydrogens (tertiary/aromatic N) is 3. The van der Waals surface area contributed by atoms with Crippen molar-refractivity contribution in [2.45, 2.75) is 56.1 Å². The van der Waals surface area contributed by atoms with Crippen LogP contribution in [-0.4, -0.2) is 85.5 Å². The molecule has 1 aromatic heterocycles. The number of aliphatic carboxylic acids is 1. The Morgan fingerprint density at radius 2 is 1.63 bits per heavy atom. The fourth-order valence-electron chi connectivity index (χ4n) is 4.74. The second kappa shape index (κ2) is 13.9. The third-order valence-electron chi connectivity index (χ3n) is 6.71. The Morgan fingerprint density at radius 1 is 1.05 bits per heavy atom. The number of likely N-dealkylation sites (tertiary alicyclic amines) is 1. The first-order valence-electron chi connectivity index (χ1n) is 13.1. The Morgan fingerprint density at radius 3 is 2.15 bits per heavy atom. The third kappa shape index (κ3) is 8.95. The number of hydrogen-bond donors (Lipinski definition) is 3. The number of halogens is 3. The van der Waals surface area contributed by atoms with Gasteiger partial charge in [-0.3, -0.25) is 4.72 Å². The molecule has 0 unspecified atom stereocenters. The largest absolute Gasteiger partial charge is 0.494 e. The quantitative estimate of drug-likeness (QED) is 0.404. The molecule has 2 aliphatic rings. The van der Waals surface area contributed by atoms with E-state index in [4.69, 9.17) is 14.6 Å². The molecule has 0 spiro atoms. The molecule has 0 saturated carbocycles. The molecular formula is C26H33F3N4O7S. The summed E-state index contributed by atoms with van der Waals surface area (Å²) in [6, 6.07) is 7.92. The topological polar surface area (TPSA) is 149 Å². The molecule has 2 saturated heterocycles. The Balaban J connectivity index is 0.000000587. The van der Waals surface area contributed by atoms with Crippen LogP contribution < -0.4 is 14.4 Å². The molecule has 2 aromatic rings. The molecule has 0 radical (unpaired) electrons. The SMILES string of the molecule is CCOc1ccc(S(=O)(=O)Nc2cnc(N3CCC(N4CCCCC4)CC3)c(C(=O)O)c2)cc1.O=C(O)C(F)(F)F. The van der Waals surface area contributed by atoms with Gasteiger partial charge >= 0.3 is 18.1 Å². The maximum atomic E-state index is 12.8. The standard InChI is InChI=1S/C24H32N4O5S.C2HF3O2/c1-2-33-20-6-8-21(9-7-20)34(31,32)26-18-16-22(24(29)30)23(25-17-18)28-14-10-19(11-15-28)27-12-4-3-5-13-27;3-2(4,5)1(6)7/h6-9,16-17,19,26H,2-5,10-15H2,1H3,(H,29,30);(H,6,7). The Kier molecular flexibility index (Phi) is 10.8. The Labute approximate surface area is 236 Å². The minimum Gasteiger partial charge on any atom is -0.494 e. The number of hydrogen-bond acceptors (Lipinski definition) is 8. The van der Waals surface area contributed by atoms with Gasteiger partial charge in [0.2, 0.25) is 0 Å². The van der Waals surface area contributed by atoms with E-state index in [0.717, 1.165) is 39.0 Å². The smallest absolute Gasteiger partial charge is 0.490 e. The lowest BCUT2D eigenvalue weighted by Gasteiger charge is -2.40. The molecule has 15 heteroatoms. The average molecular weight is 603 g/mol. The number of aromatic nitrogens is 1. The van der Waals surface area contributed by atoms with E-state index in [1.54, 1.807) is 12.1 Å². The van der Waals surface area contributed by atoms with Crippen molar-refractivity contribution in [3.8, 4) is 5.75 Å². The molecule has 0 atom stereocenters. The predicted molar refractivity (Wildman–Crippen MR) is 144 cm³/mol. The molecule has 1 aromatic carbocycles. The van der Waals surface area contributed by atoms with Crippen molar-refractivity contribution < 1.29 is 46.1 Å². The van der Waals surface area contributed by atoms with Crippen molar-refractivity contribution in [2.75, 3.05) is 42.4 Å². The van der Waals surface area contributed by atoms with Crippen LogP contribution in [-0.2, 0) is 14.8 Å². The summed E-state index contributed by atoms with van der Waals surface area (Å²) >= 11 is 0. The van der Waals surface area contributed by atoms with E-state index in [2.05, 4.69) is 14.6 Å². The van der Waals surface area contributed by atoms with Crippen LogP contribution in [0.1, 0.15) is 49.4 Å². The van der Waals surface area contributed by atoms with Crippen LogP contribution in [0.15, 0.2) is 41.4 Å². The number of anilines is 2. The van der Waals surface area contributed by atoms with Crippen molar-refractivity contribution >= 4 is 33.5 Å². The van der Waals surface area contributed by atoms with E-state index in [1.807, 2.05) is 11.8 Å². The summed E-state index contributed by atoms with van der Waals surface area (Å²) in [5.41, 5.74) is 0.0987. The first kappa shape index (κ1) is 31.9. The van der Waals surface area contributed by atoms with Gasteiger partial charge in [-0.25, -0.2) is 23.0 Å². The fourth-order valence-corrected chi connectivity index (χ4v) is 5.78. The van der Waals surface area contributed by atoms with Gasteiger partial charge in [0.1, 0.15) is 17.1 Å². The number of alkyl halides is 3. The molecule has 41 heavy (non-hydrogen) atoms. The number of rotatable bonds is 8. The van der Waals surface area contributed by atoms with E-state index in [9.17, 15) is 31.5 Å². The maximum absolute atomic E-state index is 12.8. The first-order chi connectivity index (χ1) is 19.3. The number of carboxylic acids is 2. The zero-order valence-electron chi connectivity index (χ0n) is 22.4. The van der Waals surface area contributed by atoms with Gasteiger partial charge in [0.25, 0.3) is 10.0 Å². The van der Waals surface area contributed by atoms with E-state index < -0.39 is 28.1 Å². The van der Waals surface area contributed by atoms with Gasteiger partial charge < -0.3 is 24.7 Å². The van der Waals surface area contributed by atoms with Crippen LogP contribution in [0.3, 0.4) is 0 Å². The predicted octanol–water partition coefficient (Wildman–Crippen LogP) is 4.07. The highest BCUT2D eigenvalue weighted by molar-refractivity contribution is 7.92. The summed E-state index contributed by atoms with van der Waals surface area (Å²) in [4.78, 5) is 29.9. The van der Waals surface area contributed by atoms with E-state index in [-0.39, 0.29) is 16.1 Å². The van der Waals surface area contributed by atoms with Crippen molar-refractivity contribution in [1.29, 1.82) is 0 Å². The lowest BCUT2D eigenvalue weighted by Crippen LogP contribution is -2.47. The number of sulfonamides is 1. The summed E-state index contributed by atoms with van der Waals surface area (Å²) in [5, 5.41) is 16.9. The summed E-state index contributed by atoms with van der Waals surface area (Å²) in [5.74, 6) is -2.94. The molecule has 2 fully saturated rings. The minimum atomic E-state index is -5.08. The van der Waals surface area contributed by atoms with Crippen molar-refractivity contribution in [3.63, 3.8) is 0 Å². The highest BCUT2D eigenvalue weighted by Crippen LogP contribution is 2.28. The Hall–Kier alpha value is -3.59. The lowest BCUT2D eigenvalue weighted by molar-refractivity contribution is -0.192. The zero-order chi connectivity index (χ0) is 30.2. The second-order valence-corrected chi connectivity index (χ2v) is 11.2. The molecule has 0 bridgehead atoms. The van der Waals surface area contributed by atoms with Crippen LogP contribution in [0, 0.1) is 0 Å². The van der Waals surface area contributed by atoms with Gasteiger partial charge in [0.15, 0.2) is 0 Å². The normalized spacial score (nSPS) is 16.8. The minimum absolute atomic E-state index is 0.0108. The number of benzene rings is 1. The molecule has 0 amide bonds. The number of nitrogens with one attached hydrogen (secondary N) is 1. The van der Waals surface area contributed by atoms with Crippen LogP contribution in [0.4, 0.5) is 24.7 Å². The molecule has 0 aliphatic carbocycles. The molecule has 3 N–H and O–H groups in total. The van der Waals surface area contributed by atoms with E-state index in [0.29, 0.717) is 24.2 Å². The summed E-state index contributed by atoms with van der Waals surface area (Å²) < 4.78 is 65.1. The number of carboxylic acid groups (broad SMARTS) is 2. The molecule has 2 aliphatic heterocycles. The van der Waals surface area contributed by atoms with Crippen LogP contribution >= 0.6 is 0 Å². The Bertz CT molecular complexity index is 1290. The van der Waals surface area contributed by atoms with Crippen molar-refractivity contribution in [1.82, 2.24) is 9.88 Å². The second-order valence-electron chi connectivity index (χ2n) is 9.53. The number of ether oxygens (including phenoxy) is 1. The van der Waals surface area contributed by atoms with Crippen LogP contribution in [0.5, 0.6) is 5.75 Å². The van der Waals surface area contributed by atoms with Gasteiger partial charge in [0.05, 0.1) is 23.4 Å². The number of piperidine rings is 2. The molecular weight excluding hydrogens is 569 g/mol. The van der Waals surface area contributed by atoms with Gasteiger partial charge in [-0.2, -0.15) is 13.2 Å². The summed E-state index contributed by atoms with van der Waals surface area (Å²) in [7, 11) is -3.90. The zero-order valence-corrected chi connectivity index (χ0v) is 23.2. The molecule has 3 heterocycles. The van der Waals surface area contributed by atoms with Gasteiger partial charge in [-0.1, -0.05) is 6.42 Å². The van der Waals surface area contributed by atoms with Gasteiger partial charge in [-0.05, 0) is 76.0 Å². The highest BCUT2D eigenvalue weighted by atomic mass is 32.2. The molecule has 226 valence electrons. The summed E-state index contributed by atoms with van der Waals surface area (Å²) in [6.45, 7) is 6.08. The first-order valence-corrected chi connectivity index (χ1v) is 14.6. The van der Waals surface area contributed by atoms with E-state index >= 15 is 0 Å². The maximum Gasteiger partial charge on any atom is 0.490 e. The fraction of sp³-hybridized carbons (Fsp3) is 0.500. The van der Waals surface area contributed by atoms with E-state index in [1.165, 1.54) is 43.7 Å². The van der Waals surface area contributed by atoms with Crippen molar-refractivity contribution in [3.05, 3.63) is 42.1 Å².